The van der Waals surface area contributed by atoms with E-state index < -0.39 is 46.4 Å². The zero-order valence-electron chi connectivity index (χ0n) is 25.0. The van der Waals surface area contributed by atoms with Gasteiger partial charge in [0.25, 0.3) is 0 Å². The van der Waals surface area contributed by atoms with Gasteiger partial charge in [0.05, 0.1) is 12.2 Å². The third-order valence-electron chi connectivity index (χ3n) is 5.89. The summed E-state index contributed by atoms with van der Waals surface area (Å²) in [5, 5.41) is 3.69. The number of aryl methyl sites for hydroxylation is 1. The zero-order valence-corrected chi connectivity index (χ0v) is 25.8. The number of allylic oxidation sites excluding steroid dienone is 1. The molecule has 0 spiro atoms. The van der Waals surface area contributed by atoms with Crippen molar-refractivity contribution in [3.8, 4) is 0 Å². The number of halogens is 1. The standard InChI is InChI=1S/C30H38FN3O6S/c1-10-38-27(37)22-21(15-20(25(35)39-28(3,4)5)26(36)40-29(6,7)8)33-23(24-32-16-17(2)41-24)34-30(22,9)18-11-13-19(31)14-12-18/h11-14,16,20H,10,15H2,1-9H3,(H,33,34). The van der Waals surface area contributed by atoms with E-state index >= 15 is 0 Å². The summed E-state index contributed by atoms with van der Waals surface area (Å²) in [6.45, 7) is 15.5. The molecule has 1 unspecified atom stereocenters. The first-order chi connectivity index (χ1) is 18.9. The van der Waals surface area contributed by atoms with Gasteiger partial charge in [-0.15, -0.1) is 11.3 Å². The van der Waals surface area contributed by atoms with Crippen molar-refractivity contribution in [2.45, 2.75) is 85.5 Å². The number of aliphatic imine (C=N–C) groups is 1. The van der Waals surface area contributed by atoms with Gasteiger partial charge in [0.15, 0.2) is 16.8 Å². The van der Waals surface area contributed by atoms with Crippen LogP contribution in [0.3, 0.4) is 0 Å². The van der Waals surface area contributed by atoms with Gasteiger partial charge in [-0.1, -0.05) is 12.1 Å². The van der Waals surface area contributed by atoms with Gasteiger partial charge in [0, 0.05) is 23.2 Å². The normalized spacial score (nSPS) is 17.6. The molecule has 222 valence electrons. The molecule has 2 heterocycles. The molecule has 2 aromatic rings. The number of amidine groups is 1. The molecule has 0 radical (unpaired) electrons. The number of carbonyl (C=O) groups excluding carboxylic acids is 3. The molecule has 1 aromatic carbocycles. The minimum absolute atomic E-state index is 0.0684. The van der Waals surface area contributed by atoms with Gasteiger partial charge < -0.3 is 19.5 Å². The van der Waals surface area contributed by atoms with Crippen LogP contribution in [0.4, 0.5) is 4.39 Å². The molecule has 9 nitrogen and oxygen atoms in total. The third kappa shape index (κ3) is 8.00. The second-order valence-corrected chi connectivity index (χ2v) is 13.1. The molecule has 1 aromatic heterocycles. The van der Waals surface area contributed by atoms with Crippen molar-refractivity contribution in [2.24, 2.45) is 10.9 Å². The number of hydrogen-bond donors (Lipinski definition) is 1. The smallest absolute Gasteiger partial charge is 0.338 e. The predicted molar refractivity (Wildman–Crippen MR) is 154 cm³/mol. The largest absolute Gasteiger partial charge is 0.463 e. The Morgan fingerprint density at radius 2 is 1.59 bits per heavy atom. The molecule has 0 saturated carbocycles. The molecule has 0 aliphatic carbocycles. The lowest BCUT2D eigenvalue weighted by atomic mass is 9.80. The maximum atomic E-state index is 13.9. The molecule has 1 aliphatic heterocycles. The van der Waals surface area contributed by atoms with Gasteiger partial charge in [-0.2, -0.15) is 0 Å². The summed E-state index contributed by atoms with van der Waals surface area (Å²) >= 11 is 1.38. The minimum atomic E-state index is -1.42. The Kier molecular flexibility index (Phi) is 9.42. The van der Waals surface area contributed by atoms with E-state index in [0.717, 1.165) is 4.88 Å². The number of benzene rings is 1. The number of rotatable bonds is 8. The Bertz CT molecular complexity index is 1340. The van der Waals surface area contributed by atoms with Gasteiger partial charge >= 0.3 is 17.9 Å². The molecule has 1 N–H and O–H groups in total. The summed E-state index contributed by atoms with van der Waals surface area (Å²) in [4.78, 5) is 50.7. The van der Waals surface area contributed by atoms with E-state index in [1.165, 1.54) is 35.6 Å². The van der Waals surface area contributed by atoms with Crippen molar-refractivity contribution >= 4 is 35.1 Å². The van der Waals surface area contributed by atoms with Gasteiger partial charge in [0.2, 0.25) is 0 Å². The van der Waals surface area contributed by atoms with E-state index in [1.807, 2.05) is 6.92 Å². The summed E-state index contributed by atoms with van der Waals surface area (Å²) in [6.07, 6.45) is 1.41. The lowest BCUT2D eigenvalue weighted by Crippen LogP contribution is -2.44. The second kappa shape index (κ2) is 12.1. The lowest BCUT2D eigenvalue weighted by Gasteiger charge is -2.36. The van der Waals surface area contributed by atoms with Gasteiger partial charge in [-0.25, -0.2) is 19.2 Å². The average molecular weight is 588 g/mol. The first-order valence-electron chi connectivity index (χ1n) is 13.4. The quantitative estimate of drug-likeness (QED) is 0.249. The third-order valence-corrected chi connectivity index (χ3v) is 6.81. The summed E-state index contributed by atoms with van der Waals surface area (Å²) in [7, 11) is 0. The molecule has 11 heteroatoms. The molecule has 0 saturated heterocycles. The van der Waals surface area contributed by atoms with Crippen LogP contribution in [0.2, 0.25) is 0 Å². The van der Waals surface area contributed by atoms with Crippen molar-refractivity contribution in [1.82, 2.24) is 10.3 Å². The van der Waals surface area contributed by atoms with Crippen LogP contribution in [0.5, 0.6) is 0 Å². The van der Waals surface area contributed by atoms with E-state index in [9.17, 15) is 18.8 Å². The summed E-state index contributed by atoms with van der Waals surface area (Å²) in [6, 6.07) is 5.62. The van der Waals surface area contributed by atoms with Crippen LogP contribution < -0.4 is 5.32 Å². The van der Waals surface area contributed by atoms with Crippen LogP contribution in [0.25, 0.3) is 0 Å². The number of carbonyl (C=O) groups is 3. The van der Waals surface area contributed by atoms with Crippen LogP contribution >= 0.6 is 11.3 Å². The predicted octanol–water partition coefficient (Wildman–Crippen LogP) is 5.36. The molecule has 0 bridgehead atoms. The zero-order chi connectivity index (χ0) is 30.8. The number of nitrogens with one attached hydrogen (secondary N) is 1. The summed E-state index contributed by atoms with van der Waals surface area (Å²) in [5.41, 5.74) is -2.37. The number of thiazole rings is 1. The van der Waals surface area contributed by atoms with Crippen molar-refractivity contribution in [1.29, 1.82) is 0 Å². The van der Waals surface area contributed by atoms with Gasteiger partial charge in [-0.3, -0.25) is 9.59 Å². The highest BCUT2D eigenvalue weighted by atomic mass is 32.1. The monoisotopic (exact) mass is 587 g/mol. The molecule has 1 atom stereocenters. The van der Waals surface area contributed by atoms with Crippen molar-refractivity contribution < 1.29 is 33.0 Å². The van der Waals surface area contributed by atoms with Gasteiger partial charge in [0.1, 0.15) is 22.6 Å². The van der Waals surface area contributed by atoms with Gasteiger partial charge in [-0.05, 0) is 80.0 Å². The summed E-state index contributed by atoms with van der Waals surface area (Å²) < 4.78 is 30.6. The van der Waals surface area contributed by atoms with E-state index in [0.29, 0.717) is 16.4 Å². The van der Waals surface area contributed by atoms with Crippen molar-refractivity contribution in [3.05, 3.63) is 63.0 Å². The molecule has 0 fully saturated rings. The first kappa shape index (κ1) is 31.9. The number of ether oxygens (including phenoxy) is 3. The molecular formula is C30H38FN3O6S. The molecule has 3 rings (SSSR count). The van der Waals surface area contributed by atoms with E-state index in [4.69, 9.17) is 19.2 Å². The van der Waals surface area contributed by atoms with E-state index in [-0.39, 0.29) is 24.3 Å². The highest BCUT2D eigenvalue weighted by Crippen LogP contribution is 2.41. The van der Waals surface area contributed by atoms with Crippen LogP contribution in [0.1, 0.15) is 77.3 Å². The first-order valence-corrected chi connectivity index (χ1v) is 14.2. The number of esters is 3. The van der Waals surface area contributed by atoms with Crippen LogP contribution in [0, 0.1) is 18.7 Å². The maximum Gasteiger partial charge on any atom is 0.338 e. The van der Waals surface area contributed by atoms with Crippen LogP contribution in [0.15, 0.2) is 46.7 Å². The highest BCUT2D eigenvalue weighted by molar-refractivity contribution is 7.13. The lowest BCUT2D eigenvalue weighted by molar-refractivity contribution is -0.174. The Morgan fingerprint density at radius 1 is 1.02 bits per heavy atom. The van der Waals surface area contributed by atoms with E-state index in [1.54, 1.807) is 61.6 Å². The topological polar surface area (TPSA) is 116 Å². The van der Waals surface area contributed by atoms with Crippen molar-refractivity contribution in [3.63, 3.8) is 0 Å². The maximum absolute atomic E-state index is 13.9. The van der Waals surface area contributed by atoms with Crippen LogP contribution in [-0.2, 0) is 34.1 Å². The fraction of sp³-hybridized carbons (Fsp3) is 0.500. The summed E-state index contributed by atoms with van der Waals surface area (Å²) in [5.74, 6) is -3.86. The molecule has 41 heavy (non-hydrogen) atoms. The van der Waals surface area contributed by atoms with Crippen molar-refractivity contribution in [2.75, 3.05) is 6.61 Å². The minimum Gasteiger partial charge on any atom is -0.463 e. The second-order valence-electron chi connectivity index (χ2n) is 11.8. The Labute approximate surface area is 244 Å². The fourth-order valence-electron chi connectivity index (χ4n) is 4.25. The Balaban J connectivity index is 2.25. The molecular weight excluding hydrogens is 549 g/mol. The fourth-order valence-corrected chi connectivity index (χ4v) is 4.96. The Morgan fingerprint density at radius 3 is 2.05 bits per heavy atom. The SMILES string of the molecule is CCOC(=O)C1=C(CC(C(=O)OC(C)(C)C)C(=O)OC(C)(C)C)NC(c2ncc(C)s2)=NC1(C)c1ccc(F)cc1. The number of aromatic nitrogens is 1. The highest BCUT2D eigenvalue weighted by Gasteiger charge is 2.45. The van der Waals surface area contributed by atoms with E-state index in [2.05, 4.69) is 10.3 Å². The van der Waals surface area contributed by atoms with Crippen LogP contribution in [-0.4, -0.2) is 46.5 Å². The Hall–Kier alpha value is -3.60. The molecule has 0 amide bonds. The number of nitrogens with zero attached hydrogens (tertiary/aromatic N) is 2. The molecule has 1 aliphatic rings. The average Bonchev–Trinajstić information content (AvgIpc) is 3.26. The number of hydrogen-bond acceptors (Lipinski definition) is 10.